The van der Waals surface area contributed by atoms with Crippen molar-refractivity contribution in [1.29, 1.82) is 0 Å². The topological polar surface area (TPSA) is 85.0 Å². The number of carbonyl (C=O) groups is 1. The van der Waals surface area contributed by atoms with Gasteiger partial charge < -0.3 is 25.2 Å². The largest absolute Gasteiger partial charge is 0.394 e. The summed E-state index contributed by atoms with van der Waals surface area (Å²) in [6.07, 6.45) is 0.813. The Morgan fingerprint density at radius 3 is 2.78 bits per heavy atom. The zero-order valence-electron chi connectivity index (χ0n) is 10.8. The number of hydrogen-bond donors (Lipinski definition) is 2. The van der Waals surface area contributed by atoms with Gasteiger partial charge in [-0.15, -0.1) is 0 Å². The summed E-state index contributed by atoms with van der Waals surface area (Å²) in [6, 6.07) is 0.00331. The minimum atomic E-state index is -0.816. The van der Waals surface area contributed by atoms with E-state index in [1.165, 1.54) is 0 Å². The molecule has 2 atom stereocenters. The highest BCUT2D eigenvalue weighted by molar-refractivity contribution is 5.86. The molecule has 0 bridgehead atoms. The quantitative estimate of drug-likeness (QED) is 0.670. The maximum atomic E-state index is 12.6. The highest BCUT2D eigenvalue weighted by Crippen LogP contribution is 2.23. The molecule has 2 fully saturated rings. The lowest BCUT2D eigenvalue weighted by atomic mass is 9.89. The van der Waals surface area contributed by atoms with Gasteiger partial charge in [-0.3, -0.25) is 4.79 Å². The predicted molar refractivity (Wildman–Crippen MR) is 65.0 cm³/mol. The van der Waals surface area contributed by atoms with Crippen molar-refractivity contribution < 1.29 is 19.4 Å². The molecule has 2 aliphatic rings. The molecule has 2 rings (SSSR count). The first-order chi connectivity index (χ1) is 8.57. The van der Waals surface area contributed by atoms with Gasteiger partial charge in [-0.1, -0.05) is 0 Å². The molecule has 0 aliphatic carbocycles. The van der Waals surface area contributed by atoms with Crippen molar-refractivity contribution in [3.63, 3.8) is 0 Å². The van der Waals surface area contributed by atoms with Crippen LogP contribution in [0.25, 0.3) is 0 Å². The predicted octanol–water partition coefficient (Wildman–Crippen LogP) is -0.897. The summed E-state index contributed by atoms with van der Waals surface area (Å²) in [5.74, 6) is -0.0416. The van der Waals surface area contributed by atoms with Crippen LogP contribution in [0.5, 0.6) is 0 Å². The van der Waals surface area contributed by atoms with E-state index in [9.17, 15) is 4.79 Å². The van der Waals surface area contributed by atoms with E-state index in [2.05, 4.69) is 0 Å². The maximum absolute atomic E-state index is 12.6. The van der Waals surface area contributed by atoms with Crippen molar-refractivity contribution >= 4 is 5.91 Å². The van der Waals surface area contributed by atoms with E-state index in [-0.39, 0.29) is 24.7 Å². The van der Waals surface area contributed by atoms with Gasteiger partial charge in [0.2, 0.25) is 5.91 Å². The number of morpholine rings is 1. The second-order valence-corrected chi connectivity index (χ2v) is 5.21. The van der Waals surface area contributed by atoms with Crippen LogP contribution in [0, 0.1) is 0 Å². The fraction of sp³-hybridized carbons (Fsp3) is 0.917. The Balaban J connectivity index is 2.06. The van der Waals surface area contributed by atoms with Gasteiger partial charge in [0.25, 0.3) is 0 Å². The van der Waals surface area contributed by atoms with Crippen molar-refractivity contribution in [3.05, 3.63) is 0 Å². The number of aliphatic hydroxyl groups is 1. The number of amides is 1. The molecule has 104 valence electrons. The smallest absolute Gasteiger partial charge is 0.243 e. The number of ether oxygens (including phenoxy) is 2. The minimum Gasteiger partial charge on any atom is -0.394 e. The Kier molecular flexibility index (Phi) is 4.21. The number of aliphatic hydroxyl groups excluding tert-OH is 1. The summed E-state index contributed by atoms with van der Waals surface area (Å²) >= 11 is 0. The second kappa shape index (κ2) is 5.52. The van der Waals surface area contributed by atoms with Crippen LogP contribution in [-0.4, -0.2) is 66.6 Å². The molecule has 6 nitrogen and oxygen atoms in total. The van der Waals surface area contributed by atoms with Gasteiger partial charge in [0.1, 0.15) is 0 Å². The average Bonchev–Trinajstić information content (AvgIpc) is 2.39. The third kappa shape index (κ3) is 2.66. The first-order valence-electron chi connectivity index (χ1n) is 6.47. The van der Waals surface area contributed by atoms with E-state index in [4.69, 9.17) is 20.3 Å². The molecule has 0 aromatic heterocycles. The van der Waals surface area contributed by atoms with Crippen LogP contribution >= 0.6 is 0 Å². The molecule has 2 heterocycles. The molecular formula is C12H22N2O4. The normalized spacial score (nSPS) is 32.3. The first-order valence-corrected chi connectivity index (χ1v) is 6.47. The Labute approximate surface area is 107 Å². The van der Waals surface area contributed by atoms with Crippen LogP contribution in [0.15, 0.2) is 0 Å². The molecule has 18 heavy (non-hydrogen) atoms. The summed E-state index contributed by atoms with van der Waals surface area (Å²) in [6.45, 7) is 3.79. The number of hydrogen-bond acceptors (Lipinski definition) is 5. The van der Waals surface area contributed by atoms with Crippen LogP contribution in [0.3, 0.4) is 0 Å². The van der Waals surface area contributed by atoms with Crippen LogP contribution in [0.2, 0.25) is 0 Å². The van der Waals surface area contributed by atoms with Crippen LogP contribution in [-0.2, 0) is 14.3 Å². The van der Waals surface area contributed by atoms with E-state index < -0.39 is 5.54 Å². The molecule has 2 aliphatic heterocycles. The second-order valence-electron chi connectivity index (χ2n) is 5.21. The van der Waals surface area contributed by atoms with Gasteiger partial charge in [0, 0.05) is 19.8 Å². The summed E-state index contributed by atoms with van der Waals surface area (Å²) < 4.78 is 10.7. The van der Waals surface area contributed by atoms with Crippen molar-refractivity contribution in [1.82, 2.24) is 4.90 Å². The molecule has 2 saturated heterocycles. The van der Waals surface area contributed by atoms with Gasteiger partial charge >= 0.3 is 0 Å². The Hall–Kier alpha value is -0.690. The summed E-state index contributed by atoms with van der Waals surface area (Å²) in [7, 11) is 0. The average molecular weight is 258 g/mol. The van der Waals surface area contributed by atoms with Gasteiger partial charge in [-0.25, -0.2) is 0 Å². The summed E-state index contributed by atoms with van der Waals surface area (Å²) in [4.78, 5) is 14.3. The SMILES string of the molecule is CC1COC(CO)CN1C(=O)C1(N)CCOCC1. The third-order valence-electron chi connectivity index (χ3n) is 3.78. The maximum Gasteiger partial charge on any atom is 0.243 e. The molecule has 0 aromatic rings. The van der Waals surface area contributed by atoms with Crippen LogP contribution in [0.4, 0.5) is 0 Å². The molecule has 3 N–H and O–H groups in total. The highest BCUT2D eigenvalue weighted by atomic mass is 16.5. The van der Waals surface area contributed by atoms with Crippen LogP contribution in [0.1, 0.15) is 19.8 Å². The lowest BCUT2D eigenvalue weighted by Gasteiger charge is -2.43. The van der Waals surface area contributed by atoms with Crippen LogP contribution < -0.4 is 5.73 Å². The van der Waals surface area contributed by atoms with Gasteiger partial charge in [0.15, 0.2) is 0 Å². The molecule has 0 saturated carbocycles. The molecular weight excluding hydrogens is 236 g/mol. The van der Waals surface area contributed by atoms with E-state index >= 15 is 0 Å². The molecule has 0 radical (unpaired) electrons. The Bertz CT molecular complexity index is 304. The summed E-state index contributed by atoms with van der Waals surface area (Å²) in [5.41, 5.74) is 5.39. The summed E-state index contributed by atoms with van der Waals surface area (Å²) in [5, 5.41) is 9.14. The van der Waals surface area contributed by atoms with Gasteiger partial charge in [-0.2, -0.15) is 0 Å². The molecule has 2 unspecified atom stereocenters. The first kappa shape index (κ1) is 13.7. The molecule has 0 spiro atoms. The minimum absolute atomic E-state index is 0.00331. The zero-order chi connectivity index (χ0) is 13.2. The van der Waals surface area contributed by atoms with E-state index in [0.717, 1.165) is 0 Å². The molecule has 0 aromatic carbocycles. The van der Waals surface area contributed by atoms with Gasteiger partial charge in [-0.05, 0) is 19.8 Å². The fourth-order valence-corrected chi connectivity index (χ4v) is 2.45. The van der Waals surface area contributed by atoms with Crippen molar-refractivity contribution in [2.24, 2.45) is 5.73 Å². The number of carbonyl (C=O) groups excluding carboxylic acids is 1. The number of rotatable bonds is 2. The zero-order valence-corrected chi connectivity index (χ0v) is 10.8. The van der Waals surface area contributed by atoms with Gasteiger partial charge in [0.05, 0.1) is 30.9 Å². The van der Waals surface area contributed by atoms with E-state index in [1.54, 1.807) is 4.90 Å². The highest BCUT2D eigenvalue weighted by Gasteiger charge is 2.42. The number of nitrogens with two attached hydrogens (primary N) is 1. The Morgan fingerprint density at radius 1 is 1.50 bits per heavy atom. The Morgan fingerprint density at radius 2 is 2.17 bits per heavy atom. The lowest BCUT2D eigenvalue weighted by Crippen LogP contribution is -2.63. The van der Waals surface area contributed by atoms with E-state index in [0.29, 0.717) is 39.2 Å². The van der Waals surface area contributed by atoms with Crippen molar-refractivity contribution in [2.75, 3.05) is 33.0 Å². The fourth-order valence-electron chi connectivity index (χ4n) is 2.45. The number of nitrogens with zero attached hydrogens (tertiary/aromatic N) is 1. The van der Waals surface area contributed by atoms with Crippen molar-refractivity contribution in [2.45, 2.75) is 37.5 Å². The lowest BCUT2D eigenvalue weighted by molar-refractivity contribution is -0.155. The van der Waals surface area contributed by atoms with E-state index in [1.807, 2.05) is 6.92 Å². The monoisotopic (exact) mass is 258 g/mol. The third-order valence-corrected chi connectivity index (χ3v) is 3.78. The molecule has 1 amide bonds. The van der Waals surface area contributed by atoms with Crippen molar-refractivity contribution in [3.8, 4) is 0 Å². The molecule has 6 heteroatoms. The standard InChI is InChI=1S/C12H22N2O4/c1-9-8-18-10(7-15)6-14(9)11(16)12(13)2-4-17-5-3-12/h9-10,15H,2-8,13H2,1H3.